The molecule has 1 aromatic carbocycles. The van der Waals surface area contributed by atoms with E-state index in [4.69, 9.17) is 0 Å². The predicted octanol–water partition coefficient (Wildman–Crippen LogP) is 3.91. The van der Waals surface area contributed by atoms with E-state index >= 15 is 0 Å². The van der Waals surface area contributed by atoms with E-state index in [0.29, 0.717) is 0 Å². The number of thioether (sulfide) groups is 1. The van der Waals surface area contributed by atoms with E-state index in [1.54, 1.807) is 6.33 Å². The summed E-state index contributed by atoms with van der Waals surface area (Å²) in [6.07, 6.45) is 7.39. The molecule has 1 aromatic heterocycles. The summed E-state index contributed by atoms with van der Waals surface area (Å²) >= 11 is 1.91. The van der Waals surface area contributed by atoms with Gasteiger partial charge >= 0.3 is 0 Å². The zero-order valence-electron chi connectivity index (χ0n) is 9.52. The van der Waals surface area contributed by atoms with E-state index in [1.807, 2.05) is 24.0 Å². The van der Waals surface area contributed by atoms with Gasteiger partial charge in [-0.25, -0.2) is 9.97 Å². The molecule has 0 fully saturated rings. The van der Waals surface area contributed by atoms with Crippen molar-refractivity contribution in [3.63, 3.8) is 0 Å². The predicted molar refractivity (Wildman–Crippen MR) is 69.8 cm³/mol. The van der Waals surface area contributed by atoms with Crippen LogP contribution in [0.15, 0.2) is 35.6 Å². The fourth-order valence-electron chi connectivity index (χ4n) is 1.64. The number of hydrogen-bond acceptors (Lipinski definition) is 3. The van der Waals surface area contributed by atoms with Crippen molar-refractivity contribution >= 4 is 22.7 Å². The van der Waals surface area contributed by atoms with E-state index in [2.05, 4.69) is 29.0 Å². The summed E-state index contributed by atoms with van der Waals surface area (Å²) in [5, 5.41) is 1.17. The first-order valence-corrected chi connectivity index (χ1v) is 6.72. The quantitative estimate of drug-likeness (QED) is 0.577. The van der Waals surface area contributed by atoms with Gasteiger partial charge in [0.15, 0.2) is 0 Å². The highest BCUT2D eigenvalue weighted by atomic mass is 32.2. The molecule has 2 rings (SSSR count). The van der Waals surface area contributed by atoms with Crippen LogP contribution in [0.2, 0.25) is 0 Å². The summed E-state index contributed by atoms with van der Waals surface area (Å²) in [6, 6.07) is 6.26. The summed E-state index contributed by atoms with van der Waals surface area (Å²) in [6.45, 7) is 2.23. The summed E-state index contributed by atoms with van der Waals surface area (Å²) in [4.78, 5) is 9.66. The second-order valence-corrected chi connectivity index (χ2v) is 4.90. The van der Waals surface area contributed by atoms with Gasteiger partial charge in [0.25, 0.3) is 0 Å². The Morgan fingerprint density at radius 1 is 1.25 bits per heavy atom. The van der Waals surface area contributed by atoms with Crippen LogP contribution in [0.25, 0.3) is 10.9 Å². The fraction of sp³-hybridized carbons (Fsp3) is 0.385. The lowest BCUT2D eigenvalue weighted by Gasteiger charge is -2.04. The van der Waals surface area contributed by atoms with Crippen molar-refractivity contribution in [1.82, 2.24) is 9.97 Å². The molecule has 16 heavy (non-hydrogen) atoms. The Hall–Kier alpha value is -1.09. The van der Waals surface area contributed by atoms with Crippen molar-refractivity contribution in [1.29, 1.82) is 0 Å². The van der Waals surface area contributed by atoms with E-state index < -0.39 is 0 Å². The Morgan fingerprint density at radius 2 is 2.19 bits per heavy atom. The lowest BCUT2D eigenvalue weighted by Crippen LogP contribution is -1.85. The minimum Gasteiger partial charge on any atom is -0.244 e. The van der Waals surface area contributed by atoms with Crippen LogP contribution in [0.1, 0.15) is 26.2 Å². The number of unbranched alkanes of at least 4 members (excludes halogenated alkanes) is 2. The minimum atomic E-state index is 1.04. The van der Waals surface area contributed by atoms with Crippen LogP contribution in [0.5, 0.6) is 0 Å². The number of fused-ring (bicyclic) bond motifs is 1. The highest BCUT2D eigenvalue weighted by Gasteiger charge is 2.01. The van der Waals surface area contributed by atoms with Gasteiger partial charge in [-0.3, -0.25) is 0 Å². The molecule has 3 heteroatoms. The summed E-state index contributed by atoms with van der Waals surface area (Å²) in [5.74, 6) is 1.18. The number of aromatic nitrogens is 2. The third kappa shape index (κ3) is 2.73. The van der Waals surface area contributed by atoms with Crippen molar-refractivity contribution in [2.45, 2.75) is 31.1 Å². The van der Waals surface area contributed by atoms with E-state index in [-0.39, 0.29) is 0 Å². The summed E-state index contributed by atoms with van der Waals surface area (Å²) < 4.78 is 0. The minimum absolute atomic E-state index is 1.04. The smallest absolute Gasteiger partial charge is 0.116 e. The van der Waals surface area contributed by atoms with Gasteiger partial charge in [0.2, 0.25) is 0 Å². The Bertz CT molecular complexity index is 451. The second-order valence-electron chi connectivity index (χ2n) is 3.77. The van der Waals surface area contributed by atoms with Crippen molar-refractivity contribution in [3.8, 4) is 0 Å². The molecule has 0 spiro atoms. The maximum atomic E-state index is 4.26. The number of hydrogen-bond donors (Lipinski definition) is 0. The summed E-state index contributed by atoms with van der Waals surface area (Å²) in [5.41, 5.74) is 1.04. The highest BCUT2D eigenvalue weighted by molar-refractivity contribution is 7.99. The third-order valence-corrected chi connectivity index (χ3v) is 3.68. The molecule has 2 aromatic rings. The molecule has 0 N–H and O–H groups in total. The van der Waals surface area contributed by atoms with Gasteiger partial charge in [-0.05, 0) is 24.3 Å². The van der Waals surface area contributed by atoms with Crippen LogP contribution in [0.4, 0.5) is 0 Å². The van der Waals surface area contributed by atoms with Crippen LogP contribution >= 0.6 is 11.8 Å². The number of nitrogens with zero attached hydrogens (tertiary/aromatic N) is 2. The SMILES string of the molecule is CCCCCSc1cccc2ncncc12. The Balaban J connectivity index is 2.11. The first-order chi connectivity index (χ1) is 7.92. The Labute approximate surface area is 101 Å². The molecule has 0 aliphatic rings. The summed E-state index contributed by atoms with van der Waals surface area (Å²) in [7, 11) is 0. The van der Waals surface area contributed by atoms with Crippen LogP contribution in [-0.2, 0) is 0 Å². The molecular weight excluding hydrogens is 216 g/mol. The van der Waals surface area contributed by atoms with Crippen molar-refractivity contribution in [2.75, 3.05) is 5.75 Å². The van der Waals surface area contributed by atoms with Crippen molar-refractivity contribution in [2.24, 2.45) is 0 Å². The third-order valence-electron chi connectivity index (χ3n) is 2.52. The van der Waals surface area contributed by atoms with Crippen molar-refractivity contribution < 1.29 is 0 Å². The fourth-order valence-corrected chi connectivity index (χ4v) is 2.69. The van der Waals surface area contributed by atoms with Crippen LogP contribution in [0.3, 0.4) is 0 Å². The van der Waals surface area contributed by atoms with Crippen LogP contribution < -0.4 is 0 Å². The number of rotatable bonds is 5. The van der Waals surface area contributed by atoms with Gasteiger partial charge < -0.3 is 0 Å². The van der Waals surface area contributed by atoms with E-state index in [0.717, 1.165) is 5.52 Å². The van der Waals surface area contributed by atoms with Gasteiger partial charge in [0.1, 0.15) is 6.33 Å². The molecule has 0 saturated heterocycles. The first-order valence-electron chi connectivity index (χ1n) is 5.73. The first kappa shape index (κ1) is 11.4. The average Bonchev–Trinajstić information content (AvgIpc) is 2.35. The standard InChI is InChI=1S/C13H16N2S/c1-2-3-4-8-16-13-7-5-6-12-11(13)9-14-10-15-12/h5-7,9-10H,2-4,8H2,1H3. The van der Waals surface area contributed by atoms with Gasteiger partial charge in [0, 0.05) is 16.5 Å². The maximum absolute atomic E-state index is 4.26. The van der Waals surface area contributed by atoms with Crippen molar-refractivity contribution in [3.05, 3.63) is 30.7 Å². The number of benzene rings is 1. The van der Waals surface area contributed by atoms with Crippen LogP contribution in [0, 0.1) is 0 Å². The van der Waals surface area contributed by atoms with Gasteiger partial charge in [-0.1, -0.05) is 25.8 Å². The molecule has 1 heterocycles. The Morgan fingerprint density at radius 3 is 3.06 bits per heavy atom. The molecule has 2 nitrogen and oxygen atoms in total. The zero-order valence-corrected chi connectivity index (χ0v) is 10.3. The zero-order chi connectivity index (χ0) is 11.2. The highest BCUT2D eigenvalue weighted by Crippen LogP contribution is 2.26. The topological polar surface area (TPSA) is 25.8 Å². The maximum Gasteiger partial charge on any atom is 0.116 e. The molecule has 0 radical (unpaired) electrons. The molecule has 0 atom stereocenters. The monoisotopic (exact) mass is 232 g/mol. The molecule has 0 bridgehead atoms. The van der Waals surface area contributed by atoms with E-state index in [1.165, 1.54) is 35.3 Å². The van der Waals surface area contributed by atoms with Gasteiger partial charge in [-0.2, -0.15) is 0 Å². The largest absolute Gasteiger partial charge is 0.244 e. The normalized spacial score (nSPS) is 10.8. The molecular formula is C13H16N2S. The second kappa shape index (κ2) is 5.85. The Kier molecular flexibility index (Phi) is 4.17. The molecule has 0 amide bonds. The lowest BCUT2D eigenvalue weighted by molar-refractivity contribution is 0.778. The molecule has 0 aliphatic carbocycles. The average molecular weight is 232 g/mol. The molecule has 0 saturated carbocycles. The van der Waals surface area contributed by atoms with E-state index in [9.17, 15) is 0 Å². The van der Waals surface area contributed by atoms with Crippen LogP contribution in [-0.4, -0.2) is 15.7 Å². The molecule has 84 valence electrons. The molecule has 0 aliphatic heterocycles. The van der Waals surface area contributed by atoms with Gasteiger partial charge in [0.05, 0.1) is 5.52 Å². The molecule has 0 unspecified atom stereocenters. The van der Waals surface area contributed by atoms with Gasteiger partial charge in [-0.15, -0.1) is 11.8 Å². The lowest BCUT2D eigenvalue weighted by atomic mass is 10.2.